The van der Waals surface area contributed by atoms with Crippen LogP contribution in [-0.4, -0.2) is 5.97 Å². The molecule has 0 aromatic heterocycles. The molecule has 0 radical (unpaired) electrons. The molecule has 0 rings (SSSR count). The summed E-state index contributed by atoms with van der Waals surface area (Å²) in [6.45, 7) is 1.33. The lowest BCUT2D eigenvalue weighted by molar-refractivity contribution is -0.135. The molecule has 0 spiro atoms. The number of carbonyl (C=O) groups is 1. The van der Waals surface area contributed by atoms with Crippen LogP contribution in [0, 0.1) is 0 Å². The van der Waals surface area contributed by atoms with Crippen molar-refractivity contribution in [2.24, 2.45) is 0 Å². The smallest absolute Gasteiger partial charge is 0.307 e. The molecule has 7 heavy (non-hydrogen) atoms. The van der Waals surface area contributed by atoms with Crippen molar-refractivity contribution in [1.82, 2.24) is 0 Å². The van der Waals surface area contributed by atoms with Crippen molar-refractivity contribution >= 4 is 18.6 Å². The lowest BCUT2D eigenvalue weighted by atomic mass is 10.8. The summed E-state index contributed by atoms with van der Waals surface area (Å²) >= 11 is 3.64. The zero-order valence-electron chi connectivity index (χ0n) is 3.92. The van der Waals surface area contributed by atoms with Gasteiger partial charge in [-0.3, -0.25) is 4.79 Å². The Kier molecular flexibility index (Phi) is 3.50. The second-order valence-electron chi connectivity index (χ2n) is 0.895. The summed E-state index contributed by atoms with van der Waals surface area (Å²) in [6.07, 6.45) is 1.21. The molecule has 0 saturated heterocycles. The third kappa shape index (κ3) is 5.56. The Balaban J connectivity index is 3.14. The minimum atomic E-state index is -0.328. The van der Waals surface area contributed by atoms with E-state index in [4.69, 9.17) is 0 Å². The summed E-state index contributed by atoms with van der Waals surface area (Å²) in [5, 5.41) is 1.35. The Labute approximate surface area is 47.6 Å². The first kappa shape index (κ1) is 6.56. The molecule has 0 aliphatic heterocycles. The molecule has 2 nitrogen and oxygen atoms in total. The third-order valence-electron chi connectivity index (χ3n) is 0.295. The van der Waals surface area contributed by atoms with E-state index in [1.54, 1.807) is 0 Å². The normalized spacial score (nSPS) is 9.43. The lowest BCUT2D eigenvalue weighted by Crippen LogP contribution is -1.88. The Morgan fingerprint density at radius 3 is 2.57 bits per heavy atom. The third-order valence-corrected chi connectivity index (χ3v) is 0.417. The Bertz CT molecular complexity index is 87.7. The SMILES string of the molecule is CC(=O)O/C=C/S. The van der Waals surface area contributed by atoms with Crippen LogP contribution in [0.3, 0.4) is 0 Å². The molecule has 0 N–H and O–H groups in total. The second-order valence-corrected chi connectivity index (χ2v) is 1.19. The largest absolute Gasteiger partial charge is 0.434 e. The zero-order valence-corrected chi connectivity index (χ0v) is 4.81. The van der Waals surface area contributed by atoms with Crippen LogP contribution < -0.4 is 0 Å². The van der Waals surface area contributed by atoms with Crippen LogP contribution in [0.15, 0.2) is 11.7 Å². The van der Waals surface area contributed by atoms with E-state index < -0.39 is 0 Å². The molecule has 3 heteroatoms. The van der Waals surface area contributed by atoms with Gasteiger partial charge in [0.2, 0.25) is 0 Å². The van der Waals surface area contributed by atoms with Gasteiger partial charge in [0.05, 0.1) is 0 Å². The number of thiol groups is 1. The summed E-state index contributed by atoms with van der Waals surface area (Å²) < 4.78 is 4.30. The van der Waals surface area contributed by atoms with E-state index >= 15 is 0 Å². The van der Waals surface area contributed by atoms with E-state index in [-0.39, 0.29) is 5.97 Å². The highest BCUT2D eigenvalue weighted by atomic mass is 32.1. The van der Waals surface area contributed by atoms with Gasteiger partial charge in [-0.1, -0.05) is 0 Å². The predicted molar refractivity (Wildman–Crippen MR) is 29.9 cm³/mol. The van der Waals surface area contributed by atoms with Crippen LogP contribution in [0.25, 0.3) is 0 Å². The standard InChI is InChI=1S/C4H6O2S/c1-4(5)6-2-3-7/h2-3,7H,1H3/b3-2+. The van der Waals surface area contributed by atoms with Crippen molar-refractivity contribution in [1.29, 1.82) is 0 Å². The quantitative estimate of drug-likeness (QED) is 0.315. The van der Waals surface area contributed by atoms with E-state index in [0.29, 0.717) is 0 Å². The zero-order chi connectivity index (χ0) is 5.70. The summed E-state index contributed by atoms with van der Waals surface area (Å²) in [4.78, 5) is 9.90. The number of carbonyl (C=O) groups excluding carboxylic acids is 1. The average Bonchev–Trinajstić information content (AvgIpc) is 1.61. The van der Waals surface area contributed by atoms with E-state index in [1.165, 1.54) is 18.6 Å². The molecule has 0 fully saturated rings. The highest BCUT2D eigenvalue weighted by Gasteiger charge is 1.80. The molecular weight excluding hydrogens is 112 g/mol. The topological polar surface area (TPSA) is 26.3 Å². The van der Waals surface area contributed by atoms with Crippen LogP contribution in [0.2, 0.25) is 0 Å². The van der Waals surface area contributed by atoms with Crippen LogP contribution in [0.1, 0.15) is 6.92 Å². The monoisotopic (exact) mass is 118 g/mol. The molecule has 0 unspecified atom stereocenters. The molecule has 0 saturated carbocycles. The lowest BCUT2D eigenvalue weighted by Gasteiger charge is -1.84. The summed E-state index contributed by atoms with van der Waals surface area (Å²) in [6, 6.07) is 0. The van der Waals surface area contributed by atoms with Crippen molar-refractivity contribution < 1.29 is 9.53 Å². The Morgan fingerprint density at radius 2 is 2.43 bits per heavy atom. The molecule has 0 aliphatic carbocycles. The van der Waals surface area contributed by atoms with Gasteiger partial charge in [0.25, 0.3) is 0 Å². The van der Waals surface area contributed by atoms with Crippen molar-refractivity contribution in [2.75, 3.05) is 0 Å². The first-order chi connectivity index (χ1) is 3.27. The van der Waals surface area contributed by atoms with Gasteiger partial charge in [-0.2, -0.15) is 0 Å². The van der Waals surface area contributed by atoms with Gasteiger partial charge >= 0.3 is 5.97 Å². The van der Waals surface area contributed by atoms with Gasteiger partial charge in [-0.15, -0.1) is 12.6 Å². The number of hydrogen-bond donors (Lipinski definition) is 1. The van der Waals surface area contributed by atoms with Gasteiger partial charge in [0.15, 0.2) is 0 Å². The minimum absolute atomic E-state index is 0.328. The van der Waals surface area contributed by atoms with Crippen molar-refractivity contribution in [2.45, 2.75) is 6.92 Å². The fraction of sp³-hybridized carbons (Fsp3) is 0.250. The number of esters is 1. The number of hydrogen-bond acceptors (Lipinski definition) is 3. The van der Waals surface area contributed by atoms with Crippen LogP contribution in [0.4, 0.5) is 0 Å². The van der Waals surface area contributed by atoms with Gasteiger partial charge in [-0.25, -0.2) is 0 Å². The fourth-order valence-corrected chi connectivity index (χ4v) is 0.187. The molecule has 0 amide bonds. The van der Waals surface area contributed by atoms with Crippen LogP contribution in [0.5, 0.6) is 0 Å². The van der Waals surface area contributed by atoms with E-state index in [2.05, 4.69) is 17.4 Å². The molecule has 40 valence electrons. The minimum Gasteiger partial charge on any atom is -0.434 e. The van der Waals surface area contributed by atoms with Gasteiger partial charge in [-0.05, 0) is 0 Å². The van der Waals surface area contributed by atoms with E-state index in [1.807, 2.05) is 0 Å². The summed E-state index contributed by atoms with van der Waals surface area (Å²) in [5.74, 6) is -0.328. The number of ether oxygens (including phenoxy) is 1. The van der Waals surface area contributed by atoms with Crippen molar-refractivity contribution in [3.05, 3.63) is 11.7 Å². The first-order valence-electron chi connectivity index (χ1n) is 1.74. The number of rotatable bonds is 1. The maximum atomic E-state index is 9.90. The average molecular weight is 118 g/mol. The second kappa shape index (κ2) is 3.74. The maximum absolute atomic E-state index is 9.90. The molecule has 0 atom stereocenters. The summed E-state index contributed by atoms with van der Waals surface area (Å²) in [5.41, 5.74) is 0. The Hall–Kier alpha value is -0.440. The van der Waals surface area contributed by atoms with E-state index in [9.17, 15) is 4.79 Å². The molecule has 0 bridgehead atoms. The summed E-state index contributed by atoms with van der Waals surface area (Å²) in [7, 11) is 0. The molecular formula is C4H6O2S. The Morgan fingerprint density at radius 1 is 1.86 bits per heavy atom. The van der Waals surface area contributed by atoms with Crippen molar-refractivity contribution in [3.63, 3.8) is 0 Å². The maximum Gasteiger partial charge on any atom is 0.307 e. The van der Waals surface area contributed by atoms with Gasteiger partial charge < -0.3 is 4.74 Å². The molecule has 0 heterocycles. The van der Waals surface area contributed by atoms with Crippen molar-refractivity contribution in [3.8, 4) is 0 Å². The highest BCUT2D eigenvalue weighted by Crippen LogP contribution is 1.79. The van der Waals surface area contributed by atoms with Crippen LogP contribution >= 0.6 is 12.6 Å². The first-order valence-corrected chi connectivity index (χ1v) is 2.25. The molecule has 0 aromatic rings. The highest BCUT2D eigenvalue weighted by molar-refractivity contribution is 7.83. The van der Waals surface area contributed by atoms with Gasteiger partial charge in [0, 0.05) is 12.3 Å². The fourth-order valence-electron chi connectivity index (χ4n) is 0.126. The van der Waals surface area contributed by atoms with Gasteiger partial charge in [0.1, 0.15) is 6.26 Å². The predicted octanol–water partition coefficient (Wildman–Crippen LogP) is 0.950. The van der Waals surface area contributed by atoms with Crippen LogP contribution in [-0.2, 0) is 9.53 Å². The molecule has 0 aliphatic rings. The molecule has 0 aromatic carbocycles. The van der Waals surface area contributed by atoms with E-state index in [0.717, 1.165) is 0 Å².